The number of carbonyl (C=O) groups excluding carboxylic acids is 3. The van der Waals surface area contributed by atoms with Gasteiger partial charge < -0.3 is 19.6 Å². The van der Waals surface area contributed by atoms with E-state index in [-0.39, 0.29) is 30.9 Å². The van der Waals surface area contributed by atoms with Gasteiger partial charge in [0.25, 0.3) is 5.91 Å². The molecule has 3 heterocycles. The number of carbonyl (C=O) groups is 3. The Labute approximate surface area is 253 Å². The number of rotatable bonds is 13. The van der Waals surface area contributed by atoms with Gasteiger partial charge in [-0.05, 0) is 68.4 Å². The van der Waals surface area contributed by atoms with Gasteiger partial charge in [0.15, 0.2) is 0 Å². The third-order valence-corrected chi connectivity index (χ3v) is 11.4. The maximum absolute atomic E-state index is 14.8. The zero-order chi connectivity index (χ0) is 30.1. The van der Waals surface area contributed by atoms with Gasteiger partial charge in [-0.15, -0.1) is 24.9 Å². The Kier molecular flexibility index (Phi) is 8.86. The number of anilines is 1. The quantitative estimate of drug-likeness (QED) is 0.188. The summed E-state index contributed by atoms with van der Waals surface area (Å²) in [5, 5.41) is 12.5. The van der Waals surface area contributed by atoms with Gasteiger partial charge in [-0.2, -0.15) is 0 Å². The molecule has 0 aliphatic carbocycles. The molecular formula is C34H42N2O5S. The molecule has 2 bridgehead atoms. The Hall–Kier alpha value is -3.10. The number of unbranched alkanes of at least 4 members (excludes halogenated alkanes) is 2. The second-order valence-corrected chi connectivity index (χ2v) is 13.8. The van der Waals surface area contributed by atoms with Crippen LogP contribution in [-0.4, -0.2) is 69.1 Å². The molecule has 1 spiro atoms. The van der Waals surface area contributed by atoms with Gasteiger partial charge >= 0.3 is 5.97 Å². The largest absolute Gasteiger partial charge is 0.465 e. The number of fused-ring (bicyclic) bond motifs is 2. The fraction of sp³-hybridized carbons (Fsp3) is 0.500. The Bertz CT molecular complexity index is 1370. The first-order valence-corrected chi connectivity index (χ1v) is 15.9. The van der Waals surface area contributed by atoms with Crippen LogP contribution in [0.4, 0.5) is 5.69 Å². The van der Waals surface area contributed by atoms with E-state index in [1.807, 2.05) is 62.4 Å². The highest BCUT2D eigenvalue weighted by Gasteiger charge is 2.78. The summed E-state index contributed by atoms with van der Waals surface area (Å²) >= 11 is 1.62. The smallest absolute Gasteiger partial charge is 0.311 e. The third-order valence-electron chi connectivity index (χ3n) is 9.45. The van der Waals surface area contributed by atoms with Crippen molar-refractivity contribution in [2.75, 3.05) is 24.7 Å². The molecule has 1 N–H and O–H groups in total. The normalized spacial score (nSPS) is 28.5. The van der Waals surface area contributed by atoms with E-state index >= 15 is 0 Å². The topological polar surface area (TPSA) is 87.1 Å². The standard InChI is InChI=1S/C34H42N2O5S/c1-5-8-9-12-20-41-32(40)28-27-30(38)36(25(7-3)22-37)29(34(27)18-17-33(28,4)42-34)31(39)35(19-6-2)26-16-15-23-13-10-11-14-24(23)21-26/h5-6,10-11,13-16,21,25,27-29,37H,1-2,7-9,12,17-20,22H2,3-4H3/t25-,27-,28-,29?,33+,34?/m0/s1. The van der Waals surface area contributed by atoms with E-state index in [0.717, 1.165) is 35.7 Å². The van der Waals surface area contributed by atoms with Crippen LogP contribution in [0, 0.1) is 11.8 Å². The second-order valence-electron chi connectivity index (χ2n) is 11.9. The lowest BCUT2D eigenvalue weighted by Gasteiger charge is -2.39. The van der Waals surface area contributed by atoms with Crippen LogP contribution in [0.3, 0.4) is 0 Å². The number of aliphatic hydroxyl groups is 1. The van der Waals surface area contributed by atoms with Crippen molar-refractivity contribution in [3.05, 3.63) is 67.8 Å². The number of ether oxygens (including phenoxy) is 1. The number of likely N-dealkylation sites (tertiary alicyclic amines) is 1. The summed E-state index contributed by atoms with van der Waals surface area (Å²) in [4.78, 5) is 46.2. The molecular weight excluding hydrogens is 548 g/mol. The zero-order valence-corrected chi connectivity index (χ0v) is 25.5. The molecule has 8 heteroatoms. The van der Waals surface area contributed by atoms with Gasteiger partial charge in [0, 0.05) is 17.0 Å². The SMILES string of the molecule is C=CCCCCOC(=O)[C@@H]1[C@H]2C(=O)N([C@@H](CC)CO)C(C(=O)N(CC=C)c3ccc4ccccc4c3)C23CC[C@@]1(C)S3. The Balaban J connectivity index is 1.53. The summed E-state index contributed by atoms with van der Waals surface area (Å²) in [5.41, 5.74) is 0.724. The lowest BCUT2D eigenvalue weighted by molar-refractivity contribution is -0.156. The molecule has 42 heavy (non-hydrogen) atoms. The van der Waals surface area contributed by atoms with Crippen LogP contribution in [0.15, 0.2) is 67.8 Å². The number of esters is 1. The minimum atomic E-state index is -0.823. The Morgan fingerprint density at radius 3 is 2.62 bits per heavy atom. The lowest BCUT2D eigenvalue weighted by Crippen LogP contribution is -2.57. The van der Waals surface area contributed by atoms with Gasteiger partial charge in [-0.3, -0.25) is 14.4 Å². The molecule has 2 aromatic rings. The molecule has 3 aliphatic heterocycles. The lowest BCUT2D eigenvalue weighted by atomic mass is 9.66. The van der Waals surface area contributed by atoms with Crippen LogP contribution in [0.1, 0.15) is 52.4 Å². The minimum absolute atomic E-state index is 0.205. The van der Waals surface area contributed by atoms with E-state index in [2.05, 4.69) is 13.2 Å². The third kappa shape index (κ3) is 4.96. The molecule has 2 amide bonds. The predicted octanol–water partition coefficient (Wildman–Crippen LogP) is 5.51. The first kappa shape index (κ1) is 30.4. The first-order valence-electron chi connectivity index (χ1n) is 15.1. The van der Waals surface area contributed by atoms with E-state index in [1.54, 1.807) is 27.6 Å². The molecule has 0 aromatic heterocycles. The van der Waals surface area contributed by atoms with Crippen molar-refractivity contribution in [1.82, 2.24) is 4.90 Å². The minimum Gasteiger partial charge on any atom is -0.465 e. The van der Waals surface area contributed by atoms with Gasteiger partial charge in [-0.1, -0.05) is 49.4 Å². The highest BCUT2D eigenvalue weighted by molar-refractivity contribution is 8.02. The summed E-state index contributed by atoms with van der Waals surface area (Å²) in [7, 11) is 0. The fourth-order valence-corrected chi connectivity index (χ4v) is 9.73. The summed E-state index contributed by atoms with van der Waals surface area (Å²) in [6, 6.07) is 12.5. The number of allylic oxidation sites excluding steroid dienone is 1. The number of aliphatic hydroxyl groups excluding tert-OH is 1. The van der Waals surface area contributed by atoms with Crippen molar-refractivity contribution in [2.45, 2.75) is 74.0 Å². The highest BCUT2D eigenvalue weighted by Crippen LogP contribution is 2.72. The average Bonchev–Trinajstić information content (AvgIpc) is 3.56. The van der Waals surface area contributed by atoms with Crippen molar-refractivity contribution in [3.8, 4) is 0 Å². The molecule has 3 aliphatic rings. The molecule has 5 rings (SSSR count). The summed E-state index contributed by atoms with van der Waals surface area (Å²) in [6.07, 6.45) is 7.86. The summed E-state index contributed by atoms with van der Waals surface area (Å²) < 4.78 is 4.48. The number of nitrogens with zero attached hydrogens (tertiary/aromatic N) is 2. The molecule has 6 atom stereocenters. The number of amides is 2. The predicted molar refractivity (Wildman–Crippen MR) is 168 cm³/mol. The molecule has 2 aromatic carbocycles. The molecule has 7 nitrogen and oxygen atoms in total. The van der Waals surface area contributed by atoms with E-state index < -0.39 is 33.4 Å². The van der Waals surface area contributed by atoms with E-state index in [4.69, 9.17) is 4.74 Å². The van der Waals surface area contributed by atoms with Crippen LogP contribution >= 0.6 is 11.8 Å². The second kappa shape index (κ2) is 12.3. The average molecular weight is 591 g/mol. The molecule has 3 fully saturated rings. The molecule has 0 radical (unpaired) electrons. The summed E-state index contributed by atoms with van der Waals surface area (Å²) in [5.74, 6) is -2.11. The van der Waals surface area contributed by atoms with E-state index in [0.29, 0.717) is 25.9 Å². The van der Waals surface area contributed by atoms with Crippen molar-refractivity contribution in [2.24, 2.45) is 11.8 Å². The van der Waals surface area contributed by atoms with E-state index in [9.17, 15) is 19.5 Å². The van der Waals surface area contributed by atoms with Crippen LogP contribution in [0.25, 0.3) is 10.8 Å². The fourth-order valence-electron chi connectivity index (χ4n) is 7.40. The Morgan fingerprint density at radius 2 is 1.93 bits per heavy atom. The van der Waals surface area contributed by atoms with Gasteiger partial charge in [-0.25, -0.2) is 0 Å². The molecule has 0 saturated carbocycles. The first-order chi connectivity index (χ1) is 20.3. The van der Waals surface area contributed by atoms with Crippen molar-refractivity contribution in [1.29, 1.82) is 0 Å². The van der Waals surface area contributed by atoms with E-state index in [1.165, 1.54) is 0 Å². The number of thioether (sulfide) groups is 1. The van der Waals surface area contributed by atoms with Crippen LogP contribution in [0.2, 0.25) is 0 Å². The monoisotopic (exact) mass is 590 g/mol. The van der Waals surface area contributed by atoms with Crippen LogP contribution < -0.4 is 4.90 Å². The molecule has 2 unspecified atom stereocenters. The number of hydrogen-bond acceptors (Lipinski definition) is 6. The van der Waals surface area contributed by atoms with Gasteiger partial charge in [0.2, 0.25) is 5.91 Å². The van der Waals surface area contributed by atoms with Crippen LogP contribution in [0.5, 0.6) is 0 Å². The molecule has 3 saturated heterocycles. The van der Waals surface area contributed by atoms with Gasteiger partial charge in [0.05, 0.1) is 35.8 Å². The Morgan fingerprint density at radius 1 is 1.17 bits per heavy atom. The molecule has 224 valence electrons. The zero-order valence-electron chi connectivity index (χ0n) is 24.7. The highest BCUT2D eigenvalue weighted by atomic mass is 32.2. The van der Waals surface area contributed by atoms with Crippen LogP contribution in [-0.2, 0) is 19.1 Å². The van der Waals surface area contributed by atoms with Crippen molar-refractivity contribution < 1.29 is 24.2 Å². The number of benzene rings is 2. The summed E-state index contributed by atoms with van der Waals surface area (Å²) in [6.45, 7) is 11.9. The maximum Gasteiger partial charge on any atom is 0.311 e. The van der Waals surface area contributed by atoms with Gasteiger partial charge in [0.1, 0.15) is 6.04 Å². The van der Waals surface area contributed by atoms with Crippen molar-refractivity contribution >= 4 is 46.0 Å². The maximum atomic E-state index is 14.8. The number of hydrogen-bond donors (Lipinski definition) is 1. The van der Waals surface area contributed by atoms with Crippen molar-refractivity contribution in [3.63, 3.8) is 0 Å².